The van der Waals surface area contributed by atoms with Crippen LogP contribution >= 0.6 is 0 Å². The summed E-state index contributed by atoms with van der Waals surface area (Å²) < 4.78 is 16.9. The van der Waals surface area contributed by atoms with E-state index in [0.29, 0.717) is 19.3 Å². The van der Waals surface area contributed by atoms with Gasteiger partial charge in [0.1, 0.15) is 13.2 Å². The molecule has 0 bridgehead atoms. The highest BCUT2D eigenvalue weighted by Crippen LogP contribution is 2.17. The van der Waals surface area contributed by atoms with Crippen molar-refractivity contribution in [3.8, 4) is 0 Å². The second kappa shape index (κ2) is 62.4. The lowest BCUT2D eigenvalue weighted by Crippen LogP contribution is -2.30. The summed E-state index contributed by atoms with van der Waals surface area (Å²) in [6.45, 7) is 6.55. The van der Waals surface area contributed by atoms with E-state index < -0.39 is 6.10 Å². The number of carbonyl (C=O) groups is 3. The zero-order valence-electron chi connectivity index (χ0n) is 49.1. The van der Waals surface area contributed by atoms with Crippen LogP contribution in [0.1, 0.15) is 323 Å². The van der Waals surface area contributed by atoms with Gasteiger partial charge in [0.2, 0.25) is 0 Å². The minimum atomic E-state index is -0.784. The molecule has 0 aliphatic carbocycles. The summed E-state index contributed by atoms with van der Waals surface area (Å²) >= 11 is 0. The average Bonchev–Trinajstić information content (AvgIpc) is 3.40. The molecule has 0 amide bonds. The first-order chi connectivity index (χ1) is 36.5. The third-order valence-electron chi connectivity index (χ3n) is 13.9. The average molecular weight is 1030 g/mol. The maximum atomic E-state index is 12.9. The van der Waals surface area contributed by atoms with Gasteiger partial charge in [-0.3, -0.25) is 14.4 Å². The van der Waals surface area contributed by atoms with E-state index in [1.54, 1.807) is 0 Å². The zero-order valence-corrected chi connectivity index (χ0v) is 49.1. The Bertz CT molecular complexity index is 1370. The maximum absolute atomic E-state index is 12.9. The number of esters is 3. The predicted octanol–water partition coefficient (Wildman–Crippen LogP) is 21.7. The van der Waals surface area contributed by atoms with Crippen LogP contribution in [0, 0.1) is 0 Å². The lowest BCUT2D eigenvalue weighted by atomic mass is 10.0. The van der Waals surface area contributed by atoms with Gasteiger partial charge >= 0.3 is 17.9 Å². The second-order valence-electron chi connectivity index (χ2n) is 21.3. The largest absolute Gasteiger partial charge is 0.462 e. The molecule has 0 spiro atoms. The fourth-order valence-corrected chi connectivity index (χ4v) is 9.17. The molecule has 0 aromatic rings. The fourth-order valence-electron chi connectivity index (χ4n) is 9.17. The highest BCUT2D eigenvalue weighted by molar-refractivity contribution is 5.71. The molecule has 1 unspecified atom stereocenters. The molecule has 0 aliphatic heterocycles. The van der Waals surface area contributed by atoms with E-state index in [9.17, 15) is 14.4 Å². The molecule has 0 radical (unpaired) electrons. The first-order valence-corrected chi connectivity index (χ1v) is 31.9. The molecule has 0 aromatic heterocycles. The molecule has 0 heterocycles. The smallest absolute Gasteiger partial charge is 0.306 e. The molecule has 428 valence electrons. The minimum absolute atomic E-state index is 0.0793. The fraction of sp³-hybridized carbons (Fsp3) is 0.779. The van der Waals surface area contributed by atoms with E-state index >= 15 is 0 Å². The van der Waals surface area contributed by atoms with Crippen LogP contribution in [0.15, 0.2) is 72.9 Å². The van der Waals surface area contributed by atoms with Gasteiger partial charge in [-0.2, -0.15) is 0 Å². The van der Waals surface area contributed by atoms with Gasteiger partial charge in [-0.15, -0.1) is 0 Å². The summed E-state index contributed by atoms with van der Waals surface area (Å²) in [6, 6.07) is 0. The quantitative estimate of drug-likeness (QED) is 0.0261. The van der Waals surface area contributed by atoms with Crippen LogP contribution in [0.3, 0.4) is 0 Å². The van der Waals surface area contributed by atoms with Gasteiger partial charge in [0.15, 0.2) is 6.10 Å². The molecule has 74 heavy (non-hydrogen) atoms. The van der Waals surface area contributed by atoms with Crippen molar-refractivity contribution in [2.45, 2.75) is 329 Å². The van der Waals surface area contributed by atoms with E-state index in [0.717, 1.165) is 109 Å². The zero-order chi connectivity index (χ0) is 53.6. The van der Waals surface area contributed by atoms with Gasteiger partial charge in [0.05, 0.1) is 0 Å². The van der Waals surface area contributed by atoms with Gasteiger partial charge in [-0.25, -0.2) is 0 Å². The van der Waals surface area contributed by atoms with Crippen LogP contribution in [0.5, 0.6) is 0 Å². The number of allylic oxidation sites excluding steroid dienone is 12. The lowest BCUT2D eigenvalue weighted by Gasteiger charge is -2.18. The first-order valence-electron chi connectivity index (χ1n) is 31.9. The van der Waals surface area contributed by atoms with E-state index in [1.165, 1.54) is 173 Å². The third-order valence-corrected chi connectivity index (χ3v) is 13.9. The number of rotatable bonds is 58. The number of ether oxygens (including phenoxy) is 3. The highest BCUT2D eigenvalue weighted by Gasteiger charge is 2.19. The topological polar surface area (TPSA) is 78.9 Å². The molecule has 6 heteroatoms. The van der Waals surface area contributed by atoms with Crippen molar-refractivity contribution in [3.05, 3.63) is 72.9 Å². The molecule has 0 fully saturated rings. The van der Waals surface area contributed by atoms with Gasteiger partial charge < -0.3 is 14.2 Å². The van der Waals surface area contributed by atoms with E-state index in [1.807, 2.05) is 0 Å². The minimum Gasteiger partial charge on any atom is -0.462 e. The molecule has 0 saturated heterocycles. The summed E-state index contributed by atoms with van der Waals surface area (Å²) in [4.78, 5) is 38.3. The van der Waals surface area contributed by atoms with Crippen LogP contribution in [0.25, 0.3) is 0 Å². The Kier molecular flexibility index (Phi) is 59.7. The molecule has 0 aliphatic rings. The Morgan fingerprint density at radius 1 is 0.284 bits per heavy atom. The van der Waals surface area contributed by atoms with Crippen molar-refractivity contribution in [1.29, 1.82) is 0 Å². The van der Waals surface area contributed by atoms with Gasteiger partial charge in [0, 0.05) is 19.3 Å². The molecule has 0 saturated carbocycles. The summed E-state index contributed by atoms with van der Waals surface area (Å²) in [7, 11) is 0. The number of hydrogen-bond donors (Lipinski definition) is 0. The number of unbranched alkanes of at least 4 members (excludes halogenated alkanes) is 35. The number of hydrogen-bond acceptors (Lipinski definition) is 6. The summed E-state index contributed by atoms with van der Waals surface area (Å²) in [5.74, 6) is -0.884. The molecule has 1 atom stereocenters. The Morgan fingerprint density at radius 2 is 0.527 bits per heavy atom. The summed E-state index contributed by atoms with van der Waals surface area (Å²) in [5, 5.41) is 0. The van der Waals surface area contributed by atoms with Gasteiger partial charge in [-0.1, -0.05) is 286 Å². The first kappa shape index (κ1) is 70.8. The standard InChI is InChI=1S/C68H120O6/c1-4-7-10-13-16-19-22-25-28-31-33-34-36-37-40-43-46-49-52-55-58-61-67(70)73-64-65(63-72-66(69)60-57-54-51-48-45-42-39-30-27-24-21-18-15-12-9-6-3)74-68(71)62-59-56-53-50-47-44-41-38-35-32-29-26-23-20-17-14-11-8-5-2/h7,10,16,19,25-26,28-29,33-34,37,40,65H,4-6,8-9,11-15,17-18,20-24,27,30-32,35-36,38-39,41-64H2,1-3H3/b10-7-,19-16-,28-25-,29-26-,34-33-,40-37-. The summed E-state index contributed by atoms with van der Waals surface area (Å²) in [6.07, 6.45) is 80.4. The van der Waals surface area contributed by atoms with Crippen molar-refractivity contribution in [3.63, 3.8) is 0 Å². The third kappa shape index (κ3) is 59.7. The van der Waals surface area contributed by atoms with Crippen LogP contribution in [-0.2, 0) is 28.6 Å². The predicted molar refractivity (Wildman–Crippen MR) is 321 cm³/mol. The molecule has 6 nitrogen and oxygen atoms in total. The normalized spacial score (nSPS) is 12.5. The van der Waals surface area contributed by atoms with Crippen LogP contribution in [0.4, 0.5) is 0 Å². The van der Waals surface area contributed by atoms with E-state index in [-0.39, 0.29) is 31.1 Å². The van der Waals surface area contributed by atoms with E-state index in [2.05, 4.69) is 93.7 Å². The molecular formula is C68H120O6. The summed E-state index contributed by atoms with van der Waals surface area (Å²) in [5.41, 5.74) is 0. The molecular weight excluding hydrogens is 913 g/mol. The monoisotopic (exact) mass is 1030 g/mol. The van der Waals surface area contributed by atoms with Gasteiger partial charge in [0.25, 0.3) is 0 Å². The van der Waals surface area contributed by atoms with E-state index in [4.69, 9.17) is 14.2 Å². The van der Waals surface area contributed by atoms with Crippen molar-refractivity contribution in [2.75, 3.05) is 13.2 Å². The van der Waals surface area contributed by atoms with Crippen LogP contribution < -0.4 is 0 Å². The molecule has 0 N–H and O–H groups in total. The Hall–Kier alpha value is -3.15. The van der Waals surface area contributed by atoms with Crippen molar-refractivity contribution in [1.82, 2.24) is 0 Å². The lowest BCUT2D eigenvalue weighted by molar-refractivity contribution is -0.167. The van der Waals surface area contributed by atoms with Crippen molar-refractivity contribution >= 4 is 17.9 Å². The highest BCUT2D eigenvalue weighted by atomic mass is 16.6. The SMILES string of the molecule is CC/C=C\C/C=C\C/C=C\C/C=C\C/C=C\CCCCCCCC(=O)OCC(COC(=O)CCCCCCCCCCCCCCCCCC)OC(=O)CCCCCCCCCCC/C=C\CCCCCCCC. The van der Waals surface area contributed by atoms with Crippen LogP contribution in [0.2, 0.25) is 0 Å². The Balaban J connectivity index is 4.39. The Labute approximate surface area is 459 Å². The molecule has 0 rings (SSSR count). The Morgan fingerprint density at radius 3 is 0.838 bits per heavy atom. The number of carbonyl (C=O) groups excluding carboxylic acids is 3. The maximum Gasteiger partial charge on any atom is 0.306 e. The second-order valence-corrected chi connectivity index (χ2v) is 21.3. The van der Waals surface area contributed by atoms with Crippen molar-refractivity contribution in [2.24, 2.45) is 0 Å². The van der Waals surface area contributed by atoms with Crippen LogP contribution in [-0.4, -0.2) is 37.2 Å². The van der Waals surface area contributed by atoms with Crippen molar-refractivity contribution < 1.29 is 28.6 Å². The van der Waals surface area contributed by atoms with Gasteiger partial charge in [-0.05, 0) is 89.9 Å². The molecule has 0 aromatic carbocycles.